The molecule has 5 nitrogen and oxygen atoms in total. The first kappa shape index (κ1) is 14.2. The highest BCUT2D eigenvalue weighted by atomic mass is 32.2. The number of anilines is 1. The summed E-state index contributed by atoms with van der Waals surface area (Å²) >= 11 is 0. The molecule has 0 spiro atoms. The van der Waals surface area contributed by atoms with E-state index in [1.807, 2.05) is 6.92 Å². The third-order valence-electron chi connectivity index (χ3n) is 3.06. The zero-order valence-corrected chi connectivity index (χ0v) is 11.4. The van der Waals surface area contributed by atoms with Gasteiger partial charge in [0.15, 0.2) is 0 Å². The van der Waals surface area contributed by atoms with Gasteiger partial charge in [-0.25, -0.2) is 17.5 Å². The van der Waals surface area contributed by atoms with Crippen molar-refractivity contribution in [2.75, 3.05) is 12.3 Å². The Morgan fingerprint density at radius 2 is 2.16 bits per heavy atom. The first-order chi connectivity index (χ1) is 8.92. The molecular formula is C12H17FN2O3S. The van der Waals surface area contributed by atoms with Crippen molar-refractivity contribution >= 4 is 15.7 Å². The van der Waals surface area contributed by atoms with Crippen LogP contribution in [-0.4, -0.2) is 27.2 Å². The van der Waals surface area contributed by atoms with E-state index in [4.69, 9.17) is 10.5 Å². The number of benzene rings is 1. The van der Waals surface area contributed by atoms with Gasteiger partial charge in [-0.1, -0.05) is 0 Å². The van der Waals surface area contributed by atoms with Crippen LogP contribution >= 0.6 is 0 Å². The number of halogens is 1. The van der Waals surface area contributed by atoms with E-state index in [1.165, 1.54) is 12.1 Å². The smallest absolute Gasteiger partial charge is 0.243 e. The van der Waals surface area contributed by atoms with Crippen LogP contribution in [0.5, 0.6) is 0 Å². The van der Waals surface area contributed by atoms with E-state index in [0.717, 1.165) is 6.07 Å². The van der Waals surface area contributed by atoms with E-state index in [0.29, 0.717) is 19.4 Å². The molecule has 0 radical (unpaired) electrons. The van der Waals surface area contributed by atoms with Gasteiger partial charge in [-0.2, -0.15) is 0 Å². The fraction of sp³-hybridized carbons (Fsp3) is 0.500. The van der Waals surface area contributed by atoms with Crippen LogP contribution in [0.4, 0.5) is 10.1 Å². The van der Waals surface area contributed by atoms with Gasteiger partial charge in [0, 0.05) is 18.3 Å². The lowest BCUT2D eigenvalue weighted by molar-refractivity contribution is -0.00476. The number of hydrogen-bond donors (Lipinski definition) is 2. The molecule has 1 aromatic rings. The number of ether oxygens (including phenoxy) is 1. The number of hydrogen-bond acceptors (Lipinski definition) is 4. The molecule has 2 rings (SSSR count). The quantitative estimate of drug-likeness (QED) is 0.799. The summed E-state index contributed by atoms with van der Waals surface area (Å²) in [6.07, 6.45) is 1.32. The van der Waals surface area contributed by atoms with Crippen molar-refractivity contribution in [2.45, 2.75) is 36.8 Å². The molecule has 7 heteroatoms. The summed E-state index contributed by atoms with van der Waals surface area (Å²) in [6.45, 7) is 2.50. The molecule has 1 fully saturated rings. The van der Waals surface area contributed by atoms with Crippen molar-refractivity contribution in [2.24, 2.45) is 0 Å². The number of sulfonamides is 1. The van der Waals surface area contributed by atoms with Gasteiger partial charge in [0.1, 0.15) is 10.7 Å². The molecule has 0 saturated heterocycles. The lowest BCUT2D eigenvalue weighted by atomic mass is 9.90. The molecule has 0 aromatic heterocycles. The van der Waals surface area contributed by atoms with Crippen molar-refractivity contribution in [1.29, 1.82) is 0 Å². The SMILES string of the molecule is CCOC1CC(NS(=O)(=O)c2ccc(N)cc2F)C1. The van der Waals surface area contributed by atoms with Crippen molar-refractivity contribution in [3.8, 4) is 0 Å². The van der Waals surface area contributed by atoms with E-state index in [9.17, 15) is 12.8 Å². The molecule has 19 heavy (non-hydrogen) atoms. The lowest BCUT2D eigenvalue weighted by Crippen LogP contribution is -2.47. The predicted octanol–water partition coefficient (Wildman–Crippen LogP) is 1.25. The van der Waals surface area contributed by atoms with Crippen LogP contribution in [0.1, 0.15) is 19.8 Å². The van der Waals surface area contributed by atoms with Crippen LogP contribution in [0.2, 0.25) is 0 Å². The zero-order valence-electron chi connectivity index (χ0n) is 10.6. The summed E-state index contributed by atoms with van der Waals surface area (Å²) in [5.74, 6) is -0.840. The second-order valence-corrected chi connectivity index (χ2v) is 6.24. The lowest BCUT2D eigenvalue weighted by Gasteiger charge is -2.35. The Balaban J connectivity index is 2.03. The minimum absolute atomic E-state index is 0.0916. The molecule has 0 heterocycles. The van der Waals surface area contributed by atoms with Gasteiger partial charge in [-0.15, -0.1) is 0 Å². The average molecular weight is 288 g/mol. The standard InChI is InChI=1S/C12H17FN2O3S/c1-2-18-10-6-9(7-10)15-19(16,17)12-4-3-8(14)5-11(12)13/h3-5,9-10,15H,2,6-7,14H2,1H3. The Kier molecular flexibility index (Phi) is 4.07. The van der Waals surface area contributed by atoms with Gasteiger partial charge in [-0.05, 0) is 38.0 Å². The topological polar surface area (TPSA) is 81.4 Å². The van der Waals surface area contributed by atoms with E-state index in [2.05, 4.69) is 4.72 Å². The molecule has 0 unspecified atom stereocenters. The molecule has 0 amide bonds. The highest BCUT2D eigenvalue weighted by molar-refractivity contribution is 7.89. The Morgan fingerprint density at radius 3 is 2.74 bits per heavy atom. The van der Waals surface area contributed by atoms with Gasteiger partial charge < -0.3 is 10.5 Å². The van der Waals surface area contributed by atoms with Crippen molar-refractivity contribution in [3.63, 3.8) is 0 Å². The summed E-state index contributed by atoms with van der Waals surface area (Å²) < 4.78 is 45.4. The average Bonchev–Trinajstić information content (AvgIpc) is 2.25. The number of nitrogen functional groups attached to an aromatic ring is 1. The zero-order chi connectivity index (χ0) is 14.0. The van der Waals surface area contributed by atoms with Gasteiger partial charge in [0.25, 0.3) is 0 Å². The molecular weight excluding hydrogens is 271 g/mol. The molecule has 106 valence electrons. The molecule has 0 bridgehead atoms. The van der Waals surface area contributed by atoms with Gasteiger partial charge >= 0.3 is 0 Å². The van der Waals surface area contributed by atoms with Gasteiger partial charge in [0.2, 0.25) is 10.0 Å². The van der Waals surface area contributed by atoms with Crippen LogP contribution in [0.3, 0.4) is 0 Å². The van der Waals surface area contributed by atoms with Gasteiger partial charge in [-0.3, -0.25) is 0 Å². The molecule has 1 saturated carbocycles. The van der Waals surface area contributed by atoms with Gasteiger partial charge in [0.05, 0.1) is 6.10 Å². The minimum Gasteiger partial charge on any atom is -0.399 e. The fourth-order valence-corrected chi connectivity index (χ4v) is 3.37. The van der Waals surface area contributed by atoms with Crippen LogP contribution in [0.15, 0.2) is 23.1 Å². The molecule has 1 aromatic carbocycles. The normalized spacial score (nSPS) is 23.1. The van der Waals surface area contributed by atoms with E-state index in [-0.39, 0.29) is 22.7 Å². The Bertz CT molecular complexity index is 556. The summed E-state index contributed by atoms with van der Waals surface area (Å²) in [5, 5.41) is 0. The summed E-state index contributed by atoms with van der Waals surface area (Å²) in [7, 11) is -3.84. The number of nitrogens with two attached hydrogens (primary N) is 1. The Morgan fingerprint density at radius 1 is 1.47 bits per heavy atom. The Labute approximate surface area is 112 Å². The van der Waals surface area contributed by atoms with E-state index in [1.54, 1.807) is 0 Å². The maximum absolute atomic E-state index is 13.6. The molecule has 1 aliphatic rings. The predicted molar refractivity (Wildman–Crippen MR) is 69.6 cm³/mol. The Hall–Kier alpha value is -1.18. The number of nitrogens with one attached hydrogen (secondary N) is 1. The maximum Gasteiger partial charge on any atom is 0.243 e. The fourth-order valence-electron chi connectivity index (χ4n) is 2.05. The van der Waals surface area contributed by atoms with Crippen molar-refractivity contribution < 1.29 is 17.5 Å². The number of rotatable bonds is 5. The first-order valence-electron chi connectivity index (χ1n) is 6.11. The van der Waals surface area contributed by atoms with E-state index < -0.39 is 15.8 Å². The summed E-state index contributed by atoms with van der Waals surface area (Å²) in [4.78, 5) is -0.374. The van der Waals surface area contributed by atoms with Crippen molar-refractivity contribution in [1.82, 2.24) is 4.72 Å². The van der Waals surface area contributed by atoms with Crippen LogP contribution in [0.25, 0.3) is 0 Å². The highest BCUT2D eigenvalue weighted by Gasteiger charge is 2.33. The third-order valence-corrected chi connectivity index (χ3v) is 4.62. The third kappa shape index (κ3) is 3.23. The molecule has 3 N–H and O–H groups in total. The minimum atomic E-state index is -3.84. The summed E-state index contributed by atoms with van der Waals surface area (Å²) in [5.41, 5.74) is 5.58. The molecule has 0 aliphatic heterocycles. The van der Waals surface area contributed by atoms with Crippen LogP contribution < -0.4 is 10.5 Å². The second-order valence-electron chi connectivity index (χ2n) is 4.56. The molecule has 1 aliphatic carbocycles. The molecule has 0 atom stereocenters. The monoisotopic (exact) mass is 288 g/mol. The van der Waals surface area contributed by atoms with E-state index >= 15 is 0 Å². The van der Waals surface area contributed by atoms with Crippen molar-refractivity contribution in [3.05, 3.63) is 24.0 Å². The highest BCUT2D eigenvalue weighted by Crippen LogP contribution is 2.26. The first-order valence-corrected chi connectivity index (χ1v) is 7.59. The maximum atomic E-state index is 13.6. The van der Waals surface area contributed by atoms with Crippen LogP contribution in [-0.2, 0) is 14.8 Å². The second kappa shape index (κ2) is 5.44. The van der Waals surface area contributed by atoms with Crippen LogP contribution in [0, 0.1) is 5.82 Å². The largest absolute Gasteiger partial charge is 0.399 e. The summed E-state index contributed by atoms with van der Waals surface area (Å²) in [6, 6.07) is 3.34.